The summed E-state index contributed by atoms with van der Waals surface area (Å²) in [7, 11) is 0. The van der Waals surface area contributed by atoms with Crippen LogP contribution in [0.25, 0.3) is 22.6 Å². The molecule has 4 aromatic rings. The number of rotatable bonds is 4. The first-order valence-electron chi connectivity index (χ1n) is 7.66. The van der Waals surface area contributed by atoms with E-state index in [1.807, 2.05) is 42.5 Å². The van der Waals surface area contributed by atoms with E-state index in [4.69, 9.17) is 14.3 Å². The van der Waals surface area contributed by atoms with E-state index in [-0.39, 0.29) is 5.56 Å². The molecule has 0 aliphatic heterocycles. The van der Waals surface area contributed by atoms with Gasteiger partial charge >= 0.3 is 5.97 Å². The van der Waals surface area contributed by atoms with E-state index >= 15 is 0 Å². The minimum absolute atomic E-state index is 0.188. The molecule has 0 saturated carbocycles. The maximum absolute atomic E-state index is 11.1. The van der Waals surface area contributed by atoms with Gasteiger partial charge in [-0.2, -0.15) is 0 Å². The Morgan fingerprint density at radius 2 is 1.76 bits per heavy atom. The lowest BCUT2D eigenvalue weighted by molar-refractivity contribution is 0.0697. The lowest BCUT2D eigenvalue weighted by atomic mass is 10.1. The summed E-state index contributed by atoms with van der Waals surface area (Å²) in [6.07, 6.45) is 0. The van der Waals surface area contributed by atoms with Gasteiger partial charge in [0.2, 0.25) is 5.89 Å². The highest BCUT2D eigenvalue weighted by Crippen LogP contribution is 2.29. The van der Waals surface area contributed by atoms with Crippen LogP contribution in [0.5, 0.6) is 11.5 Å². The minimum atomic E-state index is -0.989. The molecular weight excluding hydrogens is 318 g/mol. The highest BCUT2D eigenvalue weighted by molar-refractivity contribution is 5.89. The first-order valence-corrected chi connectivity index (χ1v) is 7.66. The van der Waals surface area contributed by atoms with Crippen molar-refractivity contribution in [3.8, 4) is 23.0 Å². The Labute approximate surface area is 143 Å². The Kier molecular flexibility index (Phi) is 3.67. The third kappa shape index (κ3) is 3.07. The Balaban J connectivity index is 1.69. The van der Waals surface area contributed by atoms with Gasteiger partial charge in [0.15, 0.2) is 5.58 Å². The number of fused-ring (bicyclic) bond motifs is 1. The van der Waals surface area contributed by atoms with Crippen LogP contribution in [-0.2, 0) is 0 Å². The van der Waals surface area contributed by atoms with Crippen LogP contribution in [0.3, 0.4) is 0 Å². The van der Waals surface area contributed by atoms with Crippen molar-refractivity contribution < 1.29 is 19.1 Å². The molecule has 5 heteroatoms. The normalized spacial score (nSPS) is 10.7. The molecule has 0 fully saturated rings. The van der Waals surface area contributed by atoms with Gasteiger partial charge in [0, 0.05) is 11.6 Å². The standard InChI is InChI=1S/C20H13NO4/c22-20(23)14-6-4-5-13(11-14)19-21-17-10-9-16(12-18(17)25-19)24-15-7-2-1-3-8-15/h1-12H,(H,22,23). The van der Waals surface area contributed by atoms with Crippen LogP contribution in [0.15, 0.2) is 77.2 Å². The Morgan fingerprint density at radius 1 is 0.920 bits per heavy atom. The molecule has 1 N–H and O–H groups in total. The number of benzene rings is 3. The third-order valence-corrected chi connectivity index (χ3v) is 3.70. The van der Waals surface area contributed by atoms with Crippen molar-refractivity contribution in [1.29, 1.82) is 0 Å². The monoisotopic (exact) mass is 331 g/mol. The molecule has 1 heterocycles. The molecule has 0 saturated heterocycles. The zero-order chi connectivity index (χ0) is 17.2. The number of hydrogen-bond acceptors (Lipinski definition) is 4. The van der Waals surface area contributed by atoms with E-state index < -0.39 is 5.97 Å². The van der Waals surface area contributed by atoms with Gasteiger partial charge < -0.3 is 14.3 Å². The number of oxazole rings is 1. The number of nitrogens with zero attached hydrogens (tertiary/aromatic N) is 1. The smallest absolute Gasteiger partial charge is 0.335 e. The molecule has 25 heavy (non-hydrogen) atoms. The molecule has 0 atom stereocenters. The molecule has 0 amide bonds. The fourth-order valence-electron chi connectivity index (χ4n) is 2.50. The Hall–Kier alpha value is -3.60. The zero-order valence-electron chi connectivity index (χ0n) is 13.0. The molecule has 4 rings (SSSR count). The summed E-state index contributed by atoms with van der Waals surface area (Å²) in [4.78, 5) is 15.5. The van der Waals surface area contributed by atoms with Gasteiger partial charge in [-0.3, -0.25) is 0 Å². The van der Waals surface area contributed by atoms with E-state index in [1.165, 1.54) is 12.1 Å². The molecular formula is C20H13NO4. The number of aromatic nitrogens is 1. The predicted molar refractivity (Wildman–Crippen MR) is 92.9 cm³/mol. The van der Waals surface area contributed by atoms with Crippen LogP contribution < -0.4 is 4.74 Å². The van der Waals surface area contributed by atoms with Crippen LogP contribution in [-0.4, -0.2) is 16.1 Å². The van der Waals surface area contributed by atoms with Crippen LogP contribution in [0, 0.1) is 0 Å². The van der Waals surface area contributed by atoms with Gasteiger partial charge in [-0.1, -0.05) is 24.3 Å². The van der Waals surface area contributed by atoms with Crippen LogP contribution in [0.4, 0.5) is 0 Å². The summed E-state index contributed by atoms with van der Waals surface area (Å²) >= 11 is 0. The third-order valence-electron chi connectivity index (χ3n) is 3.70. The quantitative estimate of drug-likeness (QED) is 0.570. The van der Waals surface area contributed by atoms with Gasteiger partial charge in [0.05, 0.1) is 5.56 Å². The second-order valence-electron chi connectivity index (χ2n) is 5.45. The number of ether oxygens (including phenoxy) is 1. The number of carbonyl (C=O) groups is 1. The predicted octanol–water partition coefficient (Wildman–Crippen LogP) is 4.99. The molecule has 0 radical (unpaired) electrons. The van der Waals surface area contributed by atoms with Gasteiger partial charge in [-0.25, -0.2) is 9.78 Å². The average Bonchev–Trinajstić information content (AvgIpc) is 3.06. The summed E-state index contributed by atoms with van der Waals surface area (Å²) in [5.41, 5.74) is 2.05. The fraction of sp³-hybridized carbons (Fsp3) is 0. The maximum atomic E-state index is 11.1. The molecule has 0 spiro atoms. The lowest BCUT2D eigenvalue weighted by Crippen LogP contribution is -1.95. The van der Waals surface area contributed by atoms with Crippen molar-refractivity contribution >= 4 is 17.1 Å². The second kappa shape index (κ2) is 6.13. The molecule has 3 aromatic carbocycles. The summed E-state index contributed by atoms with van der Waals surface area (Å²) < 4.78 is 11.6. The first kappa shape index (κ1) is 15.0. The van der Waals surface area contributed by atoms with Gasteiger partial charge in [-0.05, 0) is 42.5 Å². The summed E-state index contributed by atoms with van der Waals surface area (Å²) in [5, 5.41) is 9.10. The number of carboxylic acids is 1. The van der Waals surface area contributed by atoms with Crippen LogP contribution in [0.2, 0.25) is 0 Å². The number of aromatic carboxylic acids is 1. The molecule has 5 nitrogen and oxygen atoms in total. The summed E-state index contributed by atoms with van der Waals surface area (Å²) in [6.45, 7) is 0. The van der Waals surface area contributed by atoms with Crippen molar-refractivity contribution in [2.45, 2.75) is 0 Å². The van der Waals surface area contributed by atoms with Gasteiger partial charge in [-0.15, -0.1) is 0 Å². The van der Waals surface area contributed by atoms with E-state index in [0.717, 1.165) is 5.75 Å². The molecule has 0 aliphatic rings. The number of hydrogen-bond donors (Lipinski definition) is 1. The van der Waals surface area contributed by atoms with Gasteiger partial charge in [0.25, 0.3) is 0 Å². The van der Waals surface area contributed by atoms with Crippen LogP contribution >= 0.6 is 0 Å². The summed E-state index contributed by atoms with van der Waals surface area (Å²) in [6, 6.07) is 21.3. The van der Waals surface area contributed by atoms with Gasteiger partial charge in [0.1, 0.15) is 17.0 Å². The first-order chi connectivity index (χ1) is 12.2. The van der Waals surface area contributed by atoms with E-state index in [2.05, 4.69) is 4.98 Å². The number of carboxylic acid groups (broad SMARTS) is 1. The fourth-order valence-corrected chi connectivity index (χ4v) is 2.50. The van der Waals surface area contributed by atoms with Crippen molar-refractivity contribution in [3.05, 3.63) is 78.4 Å². The highest BCUT2D eigenvalue weighted by Gasteiger charge is 2.12. The molecule has 0 unspecified atom stereocenters. The van der Waals surface area contributed by atoms with Crippen molar-refractivity contribution in [1.82, 2.24) is 4.98 Å². The zero-order valence-corrected chi connectivity index (χ0v) is 13.0. The Morgan fingerprint density at radius 3 is 2.56 bits per heavy atom. The van der Waals surface area contributed by atoms with Crippen LogP contribution in [0.1, 0.15) is 10.4 Å². The largest absolute Gasteiger partial charge is 0.478 e. The molecule has 0 aliphatic carbocycles. The SMILES string of the molecule is O=C(O)c1cccc(-c2nc3ccc(Oc4ccccc4)cc3o2)c1. The summed E-state index contributed by atoms with van der Waals surface area (Å²) in [5.74, 6) is 0.753. The Bertz CT molecular complexity index is 1050. The molecule has 0 bridgehead atoms. The molecule has 1 aromatic heterocycles. The lowest BCUT2D eigenvalue weighted by Gasteiger charge is -2.04. The number of para-hydroxylation sites is 1. The highest BCUT2D eigenvalue weighted by atomic mass is 16.5. The second-order valence-corrected chi connectivity index (χ2v) is 5.45. The maximum Gasteiger partial charge on any atom is 0.335 e. The van der Waals surface area contributed by atoms with Crippen molar-refractivity contribution in [3.63, 3.8) is 0 Å². The van der Waals surface area contributed by atoms with Crippen molar-refractivity contribution in [2.24, 2.45) is 0 Å². The average molecular weight is 331 g/mol. The topological polar surface area (TPSA) is 72.6 Å². The van der Waals surface area contributed by atoms with E-state index in [1.54, 1.807) is 18.2 Å². The van der Waals surface area contributed by atoms with E-state index in [0.29, 0.717) is 28.3 Å². The van der Waals surface area contributed by atoms with E-state index in [9.17, 15) is 4.79 Å². The van der Waals surface area contributed by atoms with Crippen molar-refractivity contribution in [2.75, 3.05) is 0 Å². The minimum Gasteiger partial charge on any atom is -0.478 e. The molecule has 122 valence electrons.